The van der Waals surface area contributed by atoms with E-state index in [2.05, 4.69) is 5.32 Å². The van der Waals surface area contributed by atoms with Crippen LogP contribution in [-0.4, -0.2) is 30.6 Å². The van der Waals surface area contributed by atoms with Crippen molar-refractivity contribution in [1.29, 1.82) is 0 Å². The van der Waals surface area contributed by atoms with Crippen LogP contribution in [0.2, 0.25) is 0 Å². The van der Waals surface area contributed by atoms with E-state index >= 15 is 0 Å². The first kappa shape index (κ1) is 21.8. The molecule has 0 saturated heterocycles. The zero-order valence-electron chi connectivity index (χ0n) is 17.3. The number of fused-ring (bicyclic) bond motifs is 1. The lowest BCUT2D eigenvalue weighted by atomic mass is 9.95. The standard InChI is InChI=1S/C22H25NO6S/c1-13(2)28-22(26)20-16-6-4-5-7-17(16)30-21(20)23-18(24)12-27-19(25)11-10-15-9-8-14(3)29-15/h8-11,13H,4-7,12H2,1-3H3,(H,23,24). The molecule has 8 heteroatoms. The number of hydrogen-bond acceptors (Lipinski definition) is 7. The first-order valence-corrected chi connectivity index (χ1v) is 10.7. The van der Waals surface area contributed by atoms with Crippen LogP contribution in [0.3, 0.4) is 0 Å². The number of ether oxygens (including phenoxy) is 2. The first-order chi connectivity index (χ1) is 14.3. The Hall–Kier alpha value is -2.87. The van der Waals surface area contributed by atoms with E-state index in [1.807, 2.05) is 0 Å². The highest BCUT2D eigenvalue weighted by Gasteiger charge is 2.28. The van der Waals surface area contributed by atoms with Crippen LogP contribution in [0.5, 0.6) is 0 Å². The quantitative estimate of drug-likeness (QED) is 0.519. The number of hydrogen-bond donors (Lipinski definition) is 1. The van der Waals surface area contributed by atoms with Crippen molar-refractivity contribution in [2.45, 2.75) is 52.6 Å². The fourth-order valence-corrected chi connectivity index (χ4v) is 4.48. The summed E-state index contributed by atoms with van der Waals surface area (Å²) in [5.41, 5.74) is 1.39. The molecule has 2 aromatic rings. The van der Waals surface area contributed by atoms with E-state index in [1.54, 1.807) is 32.9 Å². The minimum absolute atomic E-state index is 0.258. The van der Waals surface area contributed by atoms with Gasteiger partial charge in [0.2, 0.25) is 0 Å². The van der Waals surface area contributed by atoms with Gasteiger partial charge in [-0.05, 0) is 70.2 Å². The largest absolute Gasteiger partial charge is 0.462 e. The molecule has 1 N–H and O–H groups in total. The van der Waals surface area contributed by atoms with E-state index in [0.717, 1.165) is 41.9 Å². The monoisotopic (exact) mass is 431 g/mol. The van der Waals surface area contributed by atoms with Crippen molar-refractivity contribution in [3.8, 4) is 0 Å². The molecule has 3 rings (SSSR count). The summed E-state index contributed by atoms with van der Waals surface area (Å²) in [6.07, 6.45) is 6.13. The minimum atomic E-state index is -0.663. The Balaban J connectivity index is 1.63. The fraction of sp³-hybridized carbons (Fsp3) is 0.409. The number of thiophene rings is 1. The molecular weight excluding hydrogens is 406 g/mol. The van der Waals surface area contributed by atoms with Gasteiger partial charge in [0.1, 0.15) is 16.5 Å². The third-order valence-corrected chi connectivity index (χ3v) is 5.67. The van der Waals surface area contributed by atoms with Gasteiger partial charge in [0.25, 0.3) is 5.91 Å². The Morgan fingerprint density at radius 3 is 2.70 bits per heavy atom. The SMILES string of the molecule is Cc1ccc(C=CC(=O)OCC(=O)Nc2sc3c(c2C(=O)OC(C)C)CCCC3)o1. The van der Waals surface area contributed by atoms with Crippen LogP contribution >= 0.6 is 11.3 Å². The van der Waals surface area contributed by atoms with Crippen molar-refractivity contribution >= 4 is 40.3 Å². The maximum atomic E-state index is 12.6. The number of aryl methyl sites for hydroxylation is 2. The lowest BCUT2D eigenvalue weighted by Crippen LogP contribution is -2.22. The third-order valence-electron chi connectivity index (χ3n) is 4.46. The number of furan rings is 1. The maximum absolute atomic E-state index is 12.6. The van der Waals surface area contributed by atoms with Crippen LogP contribution in [-0.2, 0) is 31.9 Å². The average Bonchev–Trinajstić information content (AvgIpc) is 3.26. The molecule has 2 heterocycles. The Morgan fingerprint density at radius 2 is 2.00 bits per heavy atom. The number of rotatable bonds is 7. The topological polar surface area (TPSA) is 94.8 Å². The van der Waals surface area contributed by atoms with Crippen LogP contribution in [0.25, 0.3) is 6.08 Å². The highest BCUT2D eigenvalue weighted by molar-refractivity contribution is 7.17. The van der Waals surface area contributed by atoms with Gasteiger partial charge in [-0.3, -0.25) is 4.79 Å². The highest BCUT2D eigenvalue weighted by Crippen LogP contribution is 2.38. The van der Waals surface area contributed by atoms with Gasteiger partial charge in [-0.15, -0.1) is 11.3 Å². The van der Waals surface area contributed by atoms with Crippen LogP contribution in [0.4, 0.5) is 5.00 Å². The van der Waals surface area contributed by atoms with Crippen LogP contribution in [0.1, 0.15) is 59.0 Å². The van der Waals surface area contributed by atoms with Gasteiger partial charge in [0.15, 0.2) is 6.61 Å². The molecule has 0 fully saturated rings. The Labute approximate surface area is 179 Å². The molecule has 2 aromatic heterocycles. The zero-order chi connectivity index (χ0) is 21.7. The van der Waals surface area contributed by atoms with Crippen LogP contribution in [0, 0.1) is 6.92 Å². The predicted octanol–water partition coefficient (Wildman–Crippen LogP) is 4.29. The van der Waals surface area contributed by atoms with Gasteiger partial charge in [-0.1, -0.05) is 0 Å². The van der Waals surface area contributed by atoms with Crippen molar-refractivity contribution in [2.75, 3.05) is 11.9 Å². The molecule has 0 radical (unpaired) electrons. The summed E-state index contributed by atoms with van der Waals surface area (Å²) < 4.78 is 15.7. The summed E-state index contributed by atoms with van der Waals surface area (Å²) in [6, 6.07) is 3.50. The third kappa shape index (κ3) is 5.60. The Bertz CT molecular complexity index is 968. The molecule has 0 aromatic carbocycles. The molecule has 0 unspecified atom stereocenters. The number of carbonyl (C=O) groups is 3. The van der Waals surface area contributed by atoms with E-state index in [9.17, 15) is 14.4 Å². The van der Waals surface area contributed by atoms with Crippen molar-refractivity contribution in [2.24, 2.45) is 0 Å². The minimum Gasteiger partial charge on any atom is -0.462 e. The number of amides is 1. The molecule has 1 amide bonds. The molecule has 160 valence electrons. The van der Waals surface area contributed by atoms with E-state index in [0.29, 0.717) is 16.3 Å². The summed E-state index contributed by atoms with van der Waals surface area (Å²) in [5, 5.41) is 3.17. The van der Waals surface area contributed by atoms with E-state index in [1.165, 1.54) is 23.5 Å². The molecule has 7 nitrogen and oxygen atoms in total. The van der Waals surface area contributed by atoms with Crippen molar-refractivity contribution in [1.82, 2.24) is 0 Å². The summed E-state index contributed by atoms with van der Waals surface area (Å²) in [4.78, 5) is 37.9. The Morgan fingerprint density at radius 1 is 1.23 bits per heavy atom. The molecule has 1 aliphatic rings. The molecule has 0 aliphatic heterocycles. The number of carbonyl (C=O) groups excluding carboxylic acids is 3. The highest BCUT2D eigenvalue weighted by atomic mass is 32.1. The van der Waals surface area contributed by atoms with Gasteiger partial charge >= 0.3 is 11.9 Å². The van der Waals surface area contributed by atoms with E-state index < -0.39 is 24.5 Å². The van der Waals surface area contributed by atoms with Gasteiger partial charge in [-0.25, -0.2) is 9.59 Å². The summed E-state index contributed by atoms with van der Waals surface area (Å²) in [6.45, 7) is 4.91. The first-order valence-electron chi connectivity index (χ1n) is 9.90. The second-order valence-electron chi connectivity index (χ2n) is 7.31. The number of nitrogens with one attached hydrogen (secondary N) is 1. The fourth-order valence-electron chi connectivity index (χ4n) is 3.18. The van der Waals surface area contributed by atoms with Gasteiger partial charge < -0.3 is 19.2 Å². The Kier molecular flexibility index (Phi) is 7.10. The van der Waals surface area contributed by atoms with Crippen LogP contribution < -0.4 is 5.32 Å². The maximum Gasteiger partial charge on any atom is 0.341 e. The lowest BCUT2D eigenvalue weighted by molar-refractivity contribution is -0.142. The van der Waals surface area contributed by atoms with E-state index in [-0.39, 0.29) is 6.10 Å². The number of anilines is 1. The second kappa shape index (κ2) is 9.75. The molecule has 0 saturated carbocycles. The summed E-state index contributed by atoms with van der Waals surface area (Å²) in [5.74, 6) is -0.362. The lowest BCUT2D eigenvalue weighted by Gasteiger charge is -2.14. The molecule has 1 aliphatic carbocycles. The molecule has 0 spiro atoms. The predicted molar refractivity (Wildman–Crippen MR) is 114 cm³/mol. The van der Waals surface area contributed by atoms with Gasteiger partial charge in [-0.2, -0.15) is 0 Å². The molecule has 0 atom stereocenters. The summed E-state index contributed by atoms with van der Waals surface area (Å²) in [7, 11) is 0. The number of esters is 2. The molecule has 30 heavy (non-hydrogen) atoms. The van der Waals surface area contributed by atoms with E-state index in [4.69, 9.17) is 13.9 Å². The van der Waals surface area contributed by atoms with Gasteiger partial charge in [0.05, 0.1) is 11.7 Å². The molecule has 0 bridgehead atoms. The summed E-state index contributed by atoms with van der Waals surface area (Å²) >= 11 is 1.39. The van der Waals surface area contributed by atoms with Crippen LogP contribution in [0.15, 0.2) is 22.6 Å². The zero-order valence-corrected chi connectivity index (χ0v) is 18.1. The van der Waals surface area contributed by atoms with Crippen molar-refractivity contribution in [3.05, 3.63) is 45.7 Å². The van der Waals surface area contributed by atoms with Crippen molar-refractivity contribution < 1.29 is 28.3 Å². The smallest absolute Gasteiger partial charge is 0.341 e. The second-order valence-corrected chi connectivity index (χ2v) is 8.41. The average molecular weight is 432 g/mol. The van der Waals surface area contributed by atoms with Gasteiger partial charge in [0, 0.05) is 11.0 Å². The molecular formula is C22H25NO6S. The normalized spacial score (nSPS) is 13.3. The van der Waals surface area contributed by atoms with Crippen molar-refractivity contribution in [3.63, 3.8) is 0 Å².